The molecule has 1 aromatic carbocycles. The molecule has 1 aromatic rings. The highest BCUT2D eigenvalue weighted by Gasteiger charge is 2.52. The second-order valence-corrected chi connectivity index (χ2v) is 8.25. The number of carbonyl (C=O) groups is 1. The van der Waals surface area contributed by atoms with Crippen LogP contribution in [0.15, 0.2) is 24.3 Å². The summed E-state index contributed by atoms with van der Waals surface area (Å²) < 4.78 is 57.4. The van der Waals surface area contributed by atoms with Gasteiger partial charge in [0.1, 0.15) is 5.82 Å². The number of carboxylic acid groups (broad SMARTS) is 1. The molecule has 4 rings (SSSR count). The maximum atomic E-state index is 13.8. The van der Waals surface area contributed by atoms with Gasteiger partial charge in [-0.15, -0.1) is 0 Å². The lowest BCUT2D eigenvalue weighted by molar-refractivity contribution is -0.192. The first-order chi connectivity index (χ1) is 14.2. The monoisotopic (exact) mass is 433 g/mol. The second-order valence-electron chi connectivity index (χ2n) is 8.25. The number of aliphatic carboxylic acids is 1. The van der Waals surface area contributed by atoms with Crippen molar-refractivity contribution in [3.05, 3.63) is 35.6 Å². The van der Waals surface area contributed by atoms with Crippen molar-refractivity contribution in [1.82, 2.24) is 4.90 Å². The smallest absolute Gasteiger partial charge is 0.475 e. The summed E-state index contributed by atoms with van der Waals surface area (Å²) in [5.41, 5.74) is 0.790. The lowest BCUT2D eigenvalue weighted by atomic mass is 9.79. The number of nitrogens with zero attached hydrogens (tertiary/aromatic N) is 1. The van der Waals surface area contributed by atoms with E-state index in [1.54, 1.807) is 6.07 Å². The first-order valence-electron chi connectivity index (χ1n) is 10.2. The van der Waals surface area contributed by atoms with Gasteiger partial charge in [-0.2, -0.15) is 13.2 Å². The maximum Gasteiger partial charge on any atom is 0.490 e. The molecule has 168 valence electrons. The average molecular weight is 433 g/mol. The van der Waals surface area contributed by atoms with Gasteiger partial charge in [-0.05, 0) is 43.6 Å². The molecular weight excluding hydrogens is 406 g/mol. The van der Waals surface area contributed by atoms with E-state index >= 15 is 0 Å². The van der Waals surface area contributed by atoms with Gasteiger partial charge in [0.05, 0.1) is 5.60 Å². The number of alkyl halides is 3. The first-order valence-corrected chi connectivity index (χ1v) is 10.2. The normalized spacial score (nSPS) is 23.0. The van der Waals surface area contributed by atoms with Crippen LogP contribution in [-0.4, -0.2) is 60.7 Å². The highest BCUT2D eigenvalue weighted by atomic mass is 19.4. The lowest BCUT2D eigenvalue weighted by Crippen LogP contribution is -2.64. The third kappa shape index (κ3) is 6.15. The van der Waals surface area contributed by atoms with Crippen molar-refractivity contribution < 1.29 is 36.9 Å². The van der Waals surface area contributed by atoms with Crippen LogP contribution in [-0.2, 0) is 20.8 Å². The summed E-state index contributed by atoms with van der Waals surface area (Å²) in [6.07, 6.45) is -0.149. The van der Waals surface area contributed by atoms with E-state index in [0.29, 0.717) is 12.5 Å². The molecule has 3 aliphatic rings. The van der Waals surface area contributed by atoms with Crippen LogP contribution in [0.2, 0.25) is 0 Å². The van der Waals surface area contributed by atoms with Crippen LogP contribution in [0.1, 0.15) is 31.2 Å². The number of rotatable bonds is 7. The number of likely N-dealkylation sites (tertiary alicyclic amines) is 1. The summed E-state index contributed by atoms with van der Waals surface area (Å²) in [6.45, 7) is 5.20. The number of halogens is 4. The molecule has 5 nitrogen and oxygen atoms in total. The Labute approximate surface area is 172 Å². The Hall–Kier alpha value is -1.71. The Balaban J connectivity index is 0.000000318. The van der Waals surface area contributed by atoms with Gasteiger partial charge >= 0.3 is 12.1 Å². The second kappa shape index (κ2) is 9.62. The van der Waals surface area contributed by atoms with Crippen molar-refractivity contribution in [2.45, 2.75) is 44.0 Å². The number of hydrogen-bond acceptors (Lipinski definition) is 4. The van der Waals surface area contributed by atoms with Gasteiger partial charge in [0.15, 0.2) is 0 Å². The Morgan fingerprint density at radius 2 is 1.90 bits per heavy atom. The molecule has 2 aliphatic heterocycles. The molecule has 1 atom stereocenters. The van der Waals surface area contributed by atoms with Crippen LogP contribution in [0.25, 0.3) is 0 Å². The van der Waals surface area contributed by atoms with Crippen LogP contribution in [0.3, 0.4) is 0 Å². The summed E-state index contributed by atoms with van der Waals surface area (Å²) >= 11 is 0. The van der Waals surface area contributed by atoms with Gasteiger partial charge in [0.25, 0.3) is 0 Å². The van der Waals surface area contributed by atoms with E-state index in [1.807, 2.05) is 12.1 Å². The van der Waals surface area contributed by atoms with E-state index in [0.717, 1.165) is 57.2 Å². The Bertz CT molecular complexity index is 717. The molecule has 1 saturated carbocycles. The maximum absolute atomic E-state index is 13.8. The molecule has 1 N–H and O–H groups in total. The van der Waals surface area contributed by atoms with Crippen LogP contribution in [0.4, 0.5) is 17.6 Å². The standard InChI is InChI=1S/C19H26FNO2.C2HF3O2/c20-18-4-2-1-3-16(18)11-21-13-19(14-21)17(8-10-23-19)7-9-22-12-15-5-6-15;3-2(4,5)1(6)7/h1-4,15,17H,5-14H2;(H,6,7). The predicted octanol–water partition coefficient (Wildman–Crippen LogP) is 3.87. The molecule has 30 heavy (non-hydrogen) atoms. The van der Waals surface area contributed by atoms with Crippen molar-refractivity contribution in [2.75, 3.05) is 32.9 Å². The fraction of sp³-hybridized carbons (Fsp3) is 0.667. The van der Waals surface area contributed by atoms with Crippen LogP contribution >= 0.6 is 0 Å². The van der Waals surface area contributed by atoms with E-state index in [4.69, 9.17) is 19.4 Å². The zero-order chi connectivity index (χ0) is 21.8. The van der Waals surface area contributed by atoms with Crippen LogP contribution in [0, 0.1) is 17.7 Å². The summed E-state index contributed by atoms with van der Waals surface area (Å²) in [5.74, 6) is -1.43. The molecule has 1 aliphatic carbocycles. The van der Waals surface area contributed by atoms with Gasteiger partial charge in [-0.25, -0.2) is 9.18 Å². The highest BCUT2D eigenvalue weighted by molar-refractivity contribution is 5.73. The SMILES string of the molecule is Fc1ccccc1CN1CC2(C1)OCCC2CCOCC1CC1.O=C(O)C(F)(F)F. The average Bonchev–Trinajstić information content (AvgIpc) is 3.38. The van der Waals surface area contributed by atoms with E-state index in [1.165, 1.54) is 18.9 Å². The largest absolute Gasteiger partial charge is 0.490 e. The van der Waals surface area contributed by atoms with E-state index in [9.17, 15) is 17.6 Å². The van der Waals surface area contributed by atoms with Crippen molar-refractivity contribution in [2.24, 2.45) is 11.8 Å². The molecule has 0 bridgehead atoms. The van der Waals surface area contributed by atoms with Crippen LogP contribution in [0.5, 0.6) is 0 Å². The topological polar surface area (TPSA) is 59.0 Å². The third-order valence-electron chi connectivity index (χ3n) is 5.84. The fourth-order valence-corrected chi connectivity index (χ4v) is 3.99. The molecule has 1 unspecified atom stereocenters. The zero-order valence-electron chi connectivity index (χ0n) is 16.7. The number of ether oxygens (including phenoxy) is 2. The Morgan fingerprint density at radius 3 is 2.50 bits per heavy atom. The molecule has 9 heteroatoms. The Kier molecular flexibility index (Phi) is 7.36. The molecule has 2 saturated heterocycles. The van der Waals surface area contributed by atoms with Gasteiger partial charge in [-0.3, -0.25) is 4.90 Å². The number of hydrogen-bond donors (Lipinski definition) is 1. The van der Waals surface area contributed by atoms with E-state index in [-0.39, 0.29) is 11.4 Å². The summed E-state index contributed by atoms with van der Waals surface area (Å²) in [5, 5.41) is 7.12. The number of benzene rings is 1. The molecule has 0 radical (unpaired) electrons. The molecule has 0 amide bonds. The minimum atomic E-state index is -5.08. The molecule has 3 fully saturated rings. The van der Waals surface area contributed by atoms with Gasteiger partial charge in [-0.1, -0.05) is 18.2 Å². The summed E-state index contributed by atoms with van der Waals surface area (Å²) in [7, 11) is 0. The first kappa shape index (κ1) is 23.0. The summed E-state index contributed by atoms with van der Waals surface area (Å²) in [4.78, 5) is 11.2. The lowest BCUT2D eigenvalue weighted by Gasteiger charge is -2.50. The fourth-order valence-electron chi connectivity index (χ4n) is 3.99. The van der Waals surface area contributed by atoms with Crippen molar-refractivity contribution in [3.8, 4) is 0 Å². The predicted molar refractivity (Wildman–Crippen MR) is 100 cm³/mol. The van der Waals surface area contributed by atoms with Crippen molar-refractivity contribution >= 4 is 5.97 Å². The summed E-state index contributed by atoms with van der Waals surface area (Å²) in [6, 6.07) is 7.06. The van der Waals surface area contributed by atoms with Gasteiger partial charge in [0.2, 0.25) is 0 Å². The third-order valence-corrected chi connectivity index (χ3v) is 5.84. The quantitative estimate of drug-likeness (QED) is 0.523. The molecule has 0 aromatic heterocycles. The molecular formula is C21H27F4NO4. The number of carboxylic acids is 1. The highest BCUT2D eigenvalue weighted by Crippen LogP contribution is 2.42. The Morgan fingerprint density at radius 1 is 1.23 bits per heavy atom. The minimum Gasteiger partial charge on any atom is -0.475 e. The van der Waals surface area contributed by atoms with E-state index in [2.05, 4.69) is 4.90 Å². The van der Waals surface area contributed by atoms with Crippen molar-refractivity contribution in [1.29, 1.82) is 0 Å². The molecule has 1 spiro atoms. The van der Waals surface area contributed by atoms with Gasteiger partial charge < -0.3 is 14.6 Å². The molecule has 2 heterocycles. The zero-order valence-corrected chi connectivity index (χ0v) is 16.7. The van der Waals surface area contributed by atoms with Crippen LogP contribution < -0.4 is 0 Å². The van der Waals surface area contributed by atoms with E-state index < -0.39 is 12.1 Å². The minimum absolute atomic E-state index is 0.00813. The van der Waals surface area contributed by atoms with Crippen molar-refractivity contribution in [3.63, 3.8) is 0 Å². The van der Waals surface area contributed by atoms with Gasteiger partial charge in [0, 0.05) is 45.0 Å².